The van der Waals surface area contributed by atoms with E-state index in [0.29, 0.717) is 18.2 Å². The monoisotopic (exact) mass is 256 g/mol. The van der Waals surface area contributed by atoms with Crippen LogP contribution in [-0.2, 0) is 21.8 Å². The molecular weight excluding hydrogens is 240 g/mol. The van der Waals surface area contributed by atoms with Crippen LogP contribution < -0.4 is 4.74 Å². The normalized spacial score (nSPS) is 10.1. The molecule has 0 unspecified atom stereocenters. The number of rotatable bonds is 5. The smallest absolute Gasteiger partial charge is 0.310 e. The van der Waals surface area contributed by atoms with Gasteiger partial charge in [-0.2, -0.15) is 0 Å². The molecule has 0 aliphatic carbocycles. The lowest BCUT2D eigenvalue weighted by atomic mass is 10.0. The molecule has 1 aromatic carbocycles. The first-order valence-electron chi connectivity index (χ1n) is 5.50. The molecule has 17 heavy (non-hydrogen) atoms. The lowest BCUT2D eigenvalue weighted by molar-refractivity contribution is -0.142. The molecule has 0 saturated carbocycles. The Morgan fingerprint density at radius 2 is 2.12 bits per heavy atom. The van der Waals surface area contributed by atoms with Crippen molar-refractivity contribution in [3.8, 4) is 5.75 Å². The number of carbonyl (C=O) groups excluding carboxylic acids is 1. The van der Waals surface area contributed by atoms with Gasteiger partial charge in [0.15, 0.2) is 0 Å². The average Bonchev–Trinajstić information content (AvgIpc) is 2.31. The second-order valence-corrected chi connectivity index (χ2v) is 3.99. The van der Waals surface area contributed by atoms with E-state index in [1.807, 2.05) is 19.1 Å². The van der Waals surface area contributed by atoms with Gasteiger partial charge in [0, 0.05) is 11.4 Å². The topological polar surface area (TPSA) is 35.5 Å². The molecular formula is C13H17ClO3. The summed E-state index contributed by atoms with van der Waals surface area (Å²) in [6.45, 7) is 4.13. The number of ether oxygens (including phenoxy) is 2. The molecule has 0 saturated heterocycles. The fraction of sp³-hybridized carbons (Fsp3) is 0.462. The molecule has 94 valence electrons. The standard InChI is InChI=1S/C13H17ClO3/c1-4-17-13(15)7-11-10(8-14)5-9(2)6-12(11)16-3/h5-6H,4,7-8H2,1-3H3. The first-order valence-corrected chi connectivity index (χ1v) is 6.03. The maximum atomic E-state index is 11.5. The van der Waals surface area contributed by atoms with E-state index in [4.69, 9.17) is 21.1 Å². The van der Waals surface area contributed by atoms with Gasteiger partial charge in [0.25, 0.3) is 0 Å². The number of halogens is 1. The number of methoxy groups -OCH3 is 1. The third-order valence-corrected chi connectivity index (χ3v) is 2.72. The van der Waals surface area contributed by atoms with E-state index in [1.54, 1.807) is 14.0 Å². The van der Waals surface area contributed by atoms with Crippen LogP contribution in [0, 0.1) is 6.92 Å². The minimum absolute atomic E-state index is 0.194. The number of alkyl halides is 1. The number of carbonyl (C=O) groups is 1. The van der Waals surface area contributed by atoms with Gasteiger partial charge in [-0.1, -0.05) is 6.07 Å². The highest BCUT2D eigenvalue weighted by molar-refractivity contribution is 6.17. The summed E-state index contributed by atoms with van der Waals surface area (Å²) in [4.78, 5) is 11.5. The van der Waals surface area contributed by atoms with Gasteiger partial charge < -0.3 is 9.47 Å². The minimum atomic E-state index is -0.263. The summed E-state index contributed by atoms with van der Waals surface area (Å²) < 4.78 is 10.2. The van der Waals surface area contributed by atoms with Crippen LogP contribution in [-0.4, -0.2) is 19.7 Å². The molecule has 0 aliphatic rings. The molecule has 0 heterocycles. The van der Waals surface area contributed by atoms with Gasteiger partial charge in [0.05, 0.1) is 20.1 Å². The highest BCUT2D eigenvalue weighted by Crippen LogP contribution is 2.26. The second-order valence-electron chi connectivity index (χ2n) is 3.72. The van der Waals surface area contributed by atoms with Crippen molar-refractivity contribution in [2.75, 3.05) is 13.7 Å². The van der Waals surface area contributed by atoms with Crippen LogP contribution in [0.2, 0.25) is 0 Å². The van der Waals surface area contributed by atoms with Crippen LogP contribution in [0.3, 0.4) is 0 Å². The van der Waals surface area contributed by atoms with E-state index in [1.165, 1.54) is 0 Å². The van der Waals surface area contributed by atoms with E-state index in [-0.39, 0.29) is 12.4 Å². The lowest BCUT2D eigenvalue weighted by Gasteiger charge is -2.13. The summed E-state index contributed by atoms with van der Waals surface area (Å²) in [7, 11) is 1.58. The SMILES string of the molecule is CCOC(=O)Cc1c(CCl)cc(C)cc1OC. The van der Waals surface area contributed by atoms with Crippen LogP contribution in [0.1, 0.15) is 23.6 Å². The van der Waals surface area contributed by atoms with E-state index in [0.717, 1.165) is 16.7 Å². The zero-order chi connectivity index (χ0) is 12.8. The summed E-state index contributed by atoms with van der Waals surface area (Å²) in [6.07, 6.45) is 0.194. The van der Waals surface area contributed by atoms with Crippen molar-refractivity contribution in [1.29, 1.82) is 0 Å². The maximum absolute atomic E-state index is 11.5. The predicted octanol–water partition coefficient (Wildman–Crippen LogP) is 2.85. The van der Waals surface area contributed by atoms with Gasteiger partial charge in [-0.25, -0.2) is 0 Å². The predicted molar refractivity (Wildman–Crippen MR) is 67.6 cm³/mol. The highest BCUT2D eigenvalue weighted by atomic mass is 35.5. The van der Waals surface area contributed by atoms with Gasteiger partial charge >= 0.3 is 5.97 Å². The van der Waals surface area contributed by atoms with Gasteiger partial charge in [-0.3, -0.25) is 4.79 Å². The Kier molecular flexibility index (Phi) is 5.29. The zero-order valence-corrected chi connectivity index (χ0v) is 11.1. The molecule has 4 heteroatoms. The molecule has 1 rings (SSSR count). The minimum Gasteiger partial charge on any atom is -0.496 e. The van der Waals surface area contributed by atoms with E-state index >= 15 is 0 Å². The van der Waals surface area contributed by atoms with Gasteiger partial charge in [-0.15, -0.1) is 11.6 Å². The molecule has 0 spiro atoms. The molecule has 0 amide bonds. The Morgan fingerprint density at radius 1 is 1.41 bits per heavy atom. The summed E-state index contributed by atoms with van der Waals surface area (Å²) in [5.41, 5.74) is 2.79. The first-order chi connectivity index (χ1) is 8.12. The fourth-order valence-electron chi connectivity index (χ4n) is 1.71. The maximum Gasteiger partial charge on any atom is 0.310 e. The molecule has 0 fully saturated rings. The Morgan fingerprint density at radius 3 is 2.65 bits per heavy atom. The van der Waals surface area contributed by atoms with Crippen LogP contribution >= 0.6 is 11.6 Å². The molecule has 1 aromatic rings. The fourth-order valence-corrected chi connectivity index (χ4v) is 1.95. The Balaban J connectivity index is 3.06. The van der Waals surface area contributed by atoms with E-state index < -0.39 is 0 Å². The van der Waals surface area contributed by atoms with Crippen molar-refractivity contribution in [3.05, 3.63) is 28.8 Å². The number of hydrogen-bond donors (Lipinski definition) is 0. The van der Waals surface area contributed by atoms with Crippen molar-refractivity contribution in [1.82, 2.24) is 0 Å². The van der Waals surface area contributed by atoms with Crippen molar-refractivity contribution in [2.45, 2.75) is 26.1 Å². The van der Waals surface area contributed by atoms with Crippen molar-refractivity contribution in [2.24, 2.45) is 0 Å². The number of benzene rings is 1. The molecule has 0 atom stereocenters. The zero-order valence-electron chi connectivity index (χ0n) is 10.4. The van der Waals surface area contributed by atoms with Crippen LogP contribution in [0.4, 0.5) is 0 Å². The van der Waals surface area contributed by atoms with E-state index in [9.17, 15) is 4.79 Å². The largest absolute Gasteiger partial charge is 0.496 e. The summed E-state index contributed by atoms with van der Waals surface area (Å²) in [6, 6.07) is 3.86. The Bertz CT molecular complexity index is 377. The highest BCUT2D eigenvalue weighted by Gasteiger charge is 2.14. The quantitative estimate of drug-likeness (QED) is 0.600. The Hall–Kier alpha value is -1.22. The lowest BCUT2D eigenvalue weighted by Crippen LogP contribution is -2.10. The molecule has 3 nitrogen and oxygen atoms in total. The number of hydrogen-bond acceptors (Lipinski definition) is 3. The molecule has 0 aromatic heterocycles. The molecule has 0 bridgehead atoms. The molecule has 0 radical (unpaired) electrons. The third-order valence-electron chi connectivity index (χ3n) is 2.44. The number of aryl methyl sites for hydroxylation is 1. The molecule has 0 N–H and O–H groups in total. The summed E-state index contributed by atoms with van der Waals surface area (Å²) in [5, 5.41) is 0. The average molecular weight is 257 g/mol. The Labute approximate surface area is 107 Å². The van der Waals surface area contributed by atoms with Gasteiger partial charge in [0.1, 0.15) is 5.75 Å². The third kappa shape index (κ3) is 3.63. The number of esters is 1. The van der Waals surface area contributed by atoms with E-state index in [2.05, 4.69) is 0 Å². The van der Waals surface area contributed by atoms with Crippen LogP contribution in [0.5, 0.6) is 5.75 Å². The van der Waals surface area contributed by atoms with Crippen LogP contribution in [0.15, 0.2) is 12.1 Å². The first kappa shape index (κ1) is 13.8. The van der Waals surface area contributed by atoms with Crippen LogP contribution in [0.25, 0.3) is 0 Å². The van der Waals surface area contributed by atoms with Crippen molar-refractivity contribution >= 4 is 17.6 Å². The second kappa shape index (κ2) is 6.50. The summed E-state index contributed by atoms with van der Waals surface area (Å²) >= 11 is 5.89. The van der Waals surface area contributed by atoms with Crippen molar-refractivity contribution < 1.29 is 14.3 Å². The summed E-state index contributed by atoms with van der Waals surface area (Å²) in [5.74, 6) is 0.780. The van der Waals surface area contributed by atoms with Gasteiger partial charge in [0.2, 0.25) is 0 Å². The van der Waals surface area contributed by atoms with Gasteiger partial charge in [-0.05, 0) is 31.0 Å². The molecule has 0 aliphatic heterocycles. The van der Waals surface area contributed by atoms with Crippen molar-refractivity contribution in [3.63, 3.8) is 0 Å².